The van der Waals surface area contributed by atoms with Gasteiger partial charge >= 0.3 is 6.09 Å². The quantitative estimate of drug-likeness (QED) is 0.261. The summed E-state index contributed by atoms with van der Waals surface area (Å²) >= 11 is 0. The van der Waals surface area contributed by atoms with Gasteiger partial charge in [-0.2, -0.15) is 0 Å². The summed E-state index contributed by atoms with van der Waals surface area (Å²) < 4.78 is 19.3. The molecular formula is C28H52N4O5Si2. The monoisotopic (exact) mass is 580 g/mol. The lowest BCUT2D eigenvalue weighted by atomic mass is 10.2. The van der Waals surface area contributed by atoms with Crippen LogP contribution in [0.4, 0.5) is 10.6 Å². The molecule has 1 fully saturated rings. The normalized spacial score (nSPS) is 15.8. The third-order valence-electron chi connectivity index (χ3n) is 7.07. The Morgan fingerprint density at radius 3 is 2.18 bits per heavy atom. The molecule has 0 radical (unpaired) electrons. The van der Waals surface area contributed by atoms with Crippen LogP contribution in [0.15, 0.2) is 17.1 Å². The minimum atomic E-state index is -1.86. The molecule has 1 aromatic heterocycles. The van der Waals surface area contributed by atoms with Crippen molar-refractivity contribution in [2.45, 2.75) is 97.7 Å². The molecule has 1 amide bonds. The molecule has 0 saturated carbocycles. The van der Waals surface area contributed by atoms with Crippen molar-refractivity contribution in [2.24, 2.45) is 0 Å². The average Bonchev–Trinajstić information content (AvgIpc) is 2.78. The highest BCUT2D eigenvalue weighted by Gasteiger charge is 2.36. The Kier molecular flexibility index (Phi) is 11.2. The van der Waals surface area contributed by atoms with Crippen LogP contribution in [0.5, 0.6) is 0 Å². The number of amides is 1. The van der Waals surface area contributed by atoms with Crippen molar-refractivity contribution < 1.29 is 18.7 Å². The molecule has 0 N–H and O–H groups in total. The lowest BCUT2D eigenvalue weighted by molar-refractivity contribution is 0.0240. The molecule has 1 saturated heterocycles. The molecule has 39 heavy (non-hydrogen) atoms. The van der Waals surface area contributed by atoms with Crippen LogP contribution in [0.3, 0.4) is 0 Å². The standard InChI is InChI=1S/C28H52N4O5Si2/c1-27(2,3)37-26(34)31-16-14-30(15-17-31)24-25(33)32(22-35-19-20-38(7,8)9)21-23(29-24)13-12-18-36-39(10,11)28(4,5)6/h12-13,21H,14-20,22H2,1-11H3/b13-12+. The van der Waals surface area contributed by atoms with E-state index < -0.39 is 22.0 Å². The minimum Gasteiger partial charge on any atom is -0.444 e. The fourth-order valence-electron chi connectivity index (χ4n) is 3.54. The Morgan fingerprint density at radius 1 is 1.03 bits per heavy atom. The van der Waals surface area contributed by atoms with Crippen molar-refractivity contribution in [3.8, 4) is 0 Å². The number of nitrogens with zero attached hydrogens (tertiary/aromatic N) is 4. The predicted molar refractivity (Wildman–Crippen MR) is 165 cm³/mol. The summed E-state index contributed by atoms with van der Waals surface area (Å²) in [6, 6.07) is 1.03. The average molecular weight is 581 g/mol. The minimum absolute atomic E-state index is 0.133. The summed E-state index contributed by atoms with van der Waals surface area (Å²) in [4.78, 5) is 34.3. The first-order valence-electron chi connectivity index (χ1n) is 14.0. The summed E-state index contributed by atoms with van der Waals surface area (Å²) in [6.45, 7) is 26.8. The molecule has 0 aromatic carbocycles. The first kappa shape index (κ1) is 33.3. The van der Waals surface area contributed by atoms with Gasteiger partial charge in [-0.25, -0.2) is 9.78 Å². The van der Waals surface area contributed by atoms with Crippen LogP contribution in [0.1, 0.15) is 47.2 Å². The molecule has 0 bridgehead atoms. The van der Waals surface area contributed by atoms with Crippen molar-refractivity contribution in [3.05, 3.63) is 28.3 Å². The highest BCUT2D eigenvalue weighted by molar-refractivity contribution is 6.76. The Bertz CT molecular complexity index is 1040. The van der Waals surface area contributed by atoms with Crippen LogP contribution in [-0.2, 0) is 20.6 Å². The topological polar surface area (TPSA) is 86.1 Å². The van der Waals surface area contributed by atoms with Gasteiger partial charge in [0.15, 0.2) is 14.1 Å². The van der Waals surface area contributed by atoms with E-state index in [2.05, 4.69) is 53.5 Å². The highest BCUT2D eigenvalue weighted by Crippen LogP contribution is 2.36. The number of hydrogen-bond donors (Lipinski definition) is 0. The lowest BCUT2D eigenvalue weighted by Gasteiger charge is -2.36. The van der Waals surface area contributed by atoms with Gasteiger partial charge in [0.1, 0.15) is 12.3 Å². The Labute approximate surface area is 237 Å². The maximum atomic E-state index is 13.4. The second kappa shape index (κ2) is 13.1. The number of rotatable bonds is 10. The molecule has 222 valence electrons. The van der Waals surface area contributed by atoms with E-state index in [1.807, 2.05) is 37.8 Å². The van der Waals surface area contributed by atoms with Crippen LogP contribution >= 0.6 is 0 Å². The number of aromatic nitrogens is 2. The molecule has 0 aliphatic carbocycles. The fourth-order valence-corrected chi connectivity index (χ4v) is 5.24. The third-order valence-corrected chi connectivity index (χ3v) is 13.3. The molecule has 0 spiro atoms. The maximum absolute atomic E-state index is 13.4. The number of ether oxygens (including phenoxy) is 2. The molecule has 2 heterocycles. The Morgan fingerprint density at radius 2 is 1.64 bits per heavy atom. The summed E-state index contributed by atoms with van der Waals surface area (Å²) in [5.41, 5.74) is -0.0660. The van der Waals surface area contributed by atoms with Crippen molar-refractivity contribution in [2.75, 3.05) is 44.3 Å². The van der Waals surface area contributed by atoms with Crippen molar-refractivity contribution in [1.82, 2.24) is 14.5 Å². The zero-order chi connectivity index (χ0) is 29.6. The molecule has 0 unspecified atom stereocenters. The summed E-state index contributed by atoms with van der Waals surface area (Å²) in [6.07, 6.45) is 5.29. The van der Waals surface area contributed by atoms with Gasteiger partial charge in [0.05, 0.1) is 12.3 Å². The smallest absolute Gasteiger partial charge is 0.410 e. The van der Waals surface area contributed by atoms with E-state index in [0.717, 1.165) is 6.04 Å². The largest absolute Gasteiger partial charge is 0.444 e. The molecular weight excluding hydrogens is 529 g/mol. The molecule has 1 aliphatic heterocycles. The van der Waals surface area contributed by atoms with Gasteiger partial charge in [0.25, 0.3) is 5.56 Å². The van der Waals surface area contributed by atoms with Crippen molar-refractivity contribution >= 4 is 34.4 Å². The molecule has 9 nitrogen and oxygen atoms in total. The van der Waals surface area contributed by atoms with Crippen LogP contribution in [0, 0.1) is 0 Å². The Balaban J connectivity index is 2.20. The number of carbonyl (C=O) groups excluding carboxylic acids is 1. The zero-order valence-electron chi connectivity index (χ0n) is 26.2. The summed E-state index contributed by atoms with van der Waals surface area (Å²) in [5, 5.41) is 0.133. The molecule has 11 heteroatoms. The summed E-state index contributed by atoms with van der Waals surface area (Å²) in [5.74, 6) is 0.375. The van der Waals surface area contributed by atoms with Crippen LogP contribution < -0.4 is 10.5 Å². The first-order chi connectivity index (χ1) is 17.8. The summed E-state index contributed by atoms with van der Waals surface area (Å²) in [7, 11) is -3.10. The number of hydrogen-bond acceptors (Lipinski definition) is 7. The van der Waals surface area contributed by atoms with E-state index in [0.29, 0.717) is 50.9 Å². The first-order valence-corrected chi connectivity index (χ1v) is 20.6. The van der Waals surface area contributed by atoms with Gasteiger partial charge in [-0.1, -0.05) is 46.5 Å². The van der Waals surface area contributed by atoms with Gasteiger partial charge in [-0.15, -0.1) is 0 Å². The van der Waals surface area contributed by atoms with Crippen LogP contribution in [0.25, 0.3) is 6.08 Å². The number of piperazine rings is 1. The second-order valence-electron chi connectivity index (χ2n) is 14.0. The van der Waals surface area contributed by atoms with Crippen LogP contribution in [-0.4, -0.2) is 81.9 Å². The van der Waals surface area contributed by atoms with E-state index in [4.69, 9.17) is 18.9 Å². The van der Waals surface area contributed by atoms with E-state index >= 15 is 0 Å². The zero-order valence-corrected chi connectivity index (χ0v) is 28.2. The number of anilines is 1. The SMILES string of the molecule is CC(C)(C)OC(=O)N1CCN(c2nc(/C=C/CO[Si](C)(C)C(C)(C)C)cn(COCC[Si](C)(C)C)c2=O)CC1. The third kappa shape index (κ3) is 10.9. The van der Waals surface area contributed by atoms with E-state index in [-0.39, 0.29) is 23.4 Å². The lowest BCUT2D eigenvalue weighted by Crippen LogP contribution is -2.51. The van der Waals surface area contributed by atoms with Gasteiger partial charge in [0.2, 0.25) is 0 Å². The molecule has 1 aromatic rings. The van der Waals surface area contributed by atoms with Gasteiger partial charge in [-0.05, 0) is 51.0 Å². The highest BCUT2D eigenvalue weighted by atomic mass is 28.4. The number of carbonyl (C=O) groups is 1. The predicted octanol–water partition coefficient (Wildman–Crippen LogP) is 5.65. The Hall–Kier alpha value is -1.96. The van der Waals surface area contributed by atoms with Crippen molar-refractivity contribution in [1.29, 1.82) is 0 Å². The van der Waals surface area contributed by atoms with E-state index in [1.165, 1.54) is 0 Å². The molecule has 0 atom stereocenters. The molecule has 2 rings (SSSR count). The fraction of sp³-hybridized carbons (Fsp3) is 0.750. The van der Waals surface area contributed by atoms with Gasteiger partial charge in [-0.3, -0.25) is 9.36 Å². The van der Waals surface area contributed by atoms with E-state index in [1.54, 1.807) is 15.7 Å². The second-order valence-corrected chi connectivity index (χ2v) is 24.5. The van der Waals surface area contributed by atoms with E-state index in [9.17, 15) is 9.59 Å². The van der Waals surface area contributed by atoms with Crippen molar-refractivity contribution in [3.63, 3.8) is 0 Å². The molecule has 1 aliphatic rings. The maximum Gasteiger partial charge on any atom is 0.410 e. The van der Waals surface area contributed by atoms with Gasteiger partial charge < -0.3 is 23.7 Å². The van der Waals surface area contributed by atoms with Crippen LogP contribution in [0.2, 0.25) is 43.8 Å². The van der Waals surface area contributed by atoms with Gasteiger partial charge in [0, 0.05) is 47.1 Å².